The molecular formula is C17H19F3N6O. The zero-order valence-corrected chi connectivity index (χ0v) is 14.7. The molecule has 0 saturated carbocycles. The summed E-state index contributed by atoms with van der Waals surface area (Å²) >= 11 is 0. The van der Waals surface area contributed by atoms with Gasteiger partial charge in [-0.2, -0.15) is 5.10 Å². The lowest BCUT2D eigenvalue weighted by Crippen LogP contribution is -2.20. The van der Waals surface area contributed by atoms with Gasteiger partial charge in [0, 0.05) is 18.0 Å². The molecule has 2 aromatic rings. The van der Waals surface area contributed by atoms with Crippen LogP contribution in [0.1, 0.15) is 31.4 Å². The normalized spacial score (nSPS) is 12.8. The molecule has 0 atom stereocenters. The number of hydrogen-bond acceptors (Lipinski definition) is 7. The van der Waals surface area contributed by atoms with E-state index in [9.17, 15) is 18.3 Å². The Morgan fingerprint density at radius 3 is 2.56 bits per heavy atom. The minimum atomic E-state index is -2.94. The smallest absolute Gasteiger partial charge is 0.266 e. The summed E-state index contributed by atoms with van der Waals surface area (Å²) in [5, 5.41) is 16.3. The molecule has 4 N–H and O–H groups in total. The van der Waals surface area contributed by atoms with Crippen LogP contribution in [-0.4, -0.2) is 33.5 Å². The van der Waals surface area contributed by atoms with Crippen LogP contribution in [0.5, 0.6) is 0 Å². The second-order valence-electron chi connectivity index (χ2n) is 6.09. The van der Waals surface area contributed by atoms with Gasteiger partial charge in [0.25, 0.3) is 6.43 Å². The van der Waals surface area contributed by atoms with E-state index in [0.717, 1.165) is 12.1 Å². The monoisotopic (exact) mass is 380 g/mol. The molecule has 0 saturated heterocycles. The molecule has 0 bridgehead atoms. The number of aliphatic imine (C=N–C) groups is 1. The first-order chi connectivity index (χ1) is 12.7. The molecule has 1 aromatic carbocycles. The van der Waals surface area contributed by atoms with Gasteiger partial charge in [0.15, 0.2) is 0 Å². The molecule has 0 aliphatic heterocycles. The molecule has 1 aromatic heterocycles. The molecule has 0 aliphatic rings. The zero-order chi connectivity index (χ0) is 20.0. The third-order valence-corrected chi connectivity index (χ3v) is 3.53. The van der Waals surface area contributed by atoms with Crippen molar-refractivity contribution in [3.05, 3.63) is 47.5 Å². The van der Waals surface area contributed by atoms with Crippen molar-refractivity contribution in [2.45, 2.75) is 25.9 Å². The van der Waals surface area contributed by atoms with Crippen molar-refractivity contribution in [3.63, 3.8) is 0 Å². The van der Waals surface area contributed by atoms with Crippen molar-refractivity contribution >= 4 is 23.6 Å². The van der Waals surface area contributed by atoms with Gasteiger partial charge in [-0.25, -0.2) is 23.1 Å². The van der Waals surface area contributed by atoms with E-state index in [1.807, 2.05) is 0 Å². The van der Waals surface area contributed by atoms with E-state index in [0.29, 0.717) is 5.56 Å². The van der Waals surface area contributed by atoms with Crippen LogP contribution in [0.4, 0.5) is 24.8 Å². The van der Waals surface area contributed by atoms with E-state index in [2.05, 4.69) is 25.4 Å². The summed E-state index contributed by atoms with van der Waals surface area (Å²) in [6.07, 6.45) is 1.29. The number of aromatic nitrogens is 2. The Morgan fingerprint density at radius 2 is 2.00 bits per heavy atom. The molecule has 0 unspecified atom stereocenters. The first-order valence-corrected chi connectivity index (χ1v) is 7.88. The Kier molecular flexibility index (Phi) is 6.45. The molecule has 0 aliphatic carbocycles. The Morgan fingerprint density at radius 1 is 1.33 bits per heavy atom. The molecule has 0 fully saturated rings. The third-order valence-electron chi connectivity index (χ3n) is 3.53. The van der Waals surface area contributed by atoms with Gasteiger partial charge in [-0.05, 0) is 32.0 Å². The number of hydrazone groups is 1. The van der Waals surface area contributed by atoms with Gasteiger partial charge in [0.2, 0.25) is 5.95 Å². The fourth-order valence-electron chi connectivity index (χ4n) is 1.96. The number of benzene rings is 1. The molecule has 7 nitrogen and oxygen atoms in total. The van der Waals surface area contributed by atoms with Gasteiger partial charge >= 0.3 is 0 Å². The van der Waals surface area contributed by atoms with Gasteiger partial charge in [-0.15, -0.1) is 0 Å². The minimum absolute atomic E-state index is 0.116. The average molecular weight is 380 g/mol. The maximum absolute atomic E-state index is 13.3. The molecule has 0 radical (unpaired) electrons. The Balaban J connectivity index is 2.02. The number of aliphatic hydroxyl groups is 1. The minimum Gasteiger partial charge on any atom is -0.386 e. The van der Waals surface area contributed by atoms with Crippen LogP contribution >= 0.6 is 0 Å². The second kappa shape index (κ2) is 8.58. The highest BCUT2D eigenvalue weighted by Gasteiger charge is 2.16. The molecule has 0 spiro atoms. The summed E-state index contributed by atoms with van der Waals surface area (Å²) in [6, 6.07) is 3.14. The largest absolute Gasteiger partial charge is 0.386 e. The fraction of sp³-hybridized carbons (Fsp3) is 0.294. The molecule has 0 amide bonds. The first-order valence-electron chi connectivity index (χ1n) is 7.88. The standard InChI is InChI=1S/C17H19F3N6O/c1-17(2,27)10-6-23-16(24-7-10)25-9-12(26-21)8-22-11-3-4-14(18)13(5-11)15(19)20/h3-8,15,27H,9,21H2,1-2H3,(H,23,24,25). The van der Waals surface area contributed by atoms with E-state index in [4.69, 9.17) is 5.84 Å². The van der Waals surface area contributed by atoms with Gasteiger partial charge < -0.3 is 16.3 Å². The van der Waals surface area contributed by atoms with Gasteiger partial charge in [-0.1, -0.05) is 0 Å². The summed E-state index contributed by atoms with van der Waals surface area (Å²) in [5.41, 5.74) is -0.809. The Bertz CT molecular complexity index is 832. The summed E-state index contributed by atoms with van der Waals surface area (Å²) < 4.78 is 38.7. The average Bonchev–Trinajstić information content (AvgIpc) is 2.62. The van der Waals surface area contributed by atoms with Gasteiger partial charge in [-0.3, -0.25) is 4.99 Å². The van der Waals surface area contributed by atoms with Crippen LogP contribution in [-0.2, 0) is 5.60 Å². The summed E-state index contributed by atoms with van der Waals surface area (Å²) in [6.45, 7) is 3.34. The number of nitrogens with one attached hydrogen (secondary N) is 1. The topological polar surface area (TPSA) is 109 Å². The lowest BCUT2D eigenvalue weighted by molar-refractivity contribution is 0.0778. The van der Waals surface area contributed by atoms with Crippen LogP contribution < -0.4 is 11.2 Å². The number of anilines is 1. The predicted octanol–water partition coefficient (Wildman–Crippen LogP) is 2.91. The Hall–Kier alpha value is -3.01. The van der Waals surface area contributed by atoms with Crippen LogP contribution in [0.15, 0.2) is 40.7 Å². The van der Waals surface area contributed by atoms with Crippen molar-refractivity contribution in [3.8, 4) is 0 Å². The number of alkyl halides is 2. The lowest BCUT2D eigenvalue weighted by atomic mass is 10.0. The summed E-state index contributed by atoms with van der Waals surface area (Å²) in [7, 11) is 0. The van der Waals surface area contributed by atoms with Crippen LogP contribution in [0, 0.1) is 5.82 Å². The SMILES string of the molecule is CC(C)(O)c1cnc(NCC(C=Nc2ccc(F)c(C(F)F)c2)=NN)nc1. The second-order valence-corrected chi connectivity index (χ2v) is 6.09. The molecule has 27 heavy (non-hydrogen) atoms. The number of nitrogens with zero attached hydrogens (tertiary/aromatic N) is 4. The number of nitrogens with two attached hydrogens (primary N) is 1. The van der Waals surface area contributed by atoms with E-state index in [1.165, 1.54) is 24.7 Å². The molecule has 2 rings (SSSR count). The van der Waals surface area contributed by atoms with Crippen LogP contribution in [0.25, 0.3) is 0 Å². The molecule has 144 valence electrons. The van der Waals surface area contributed by atoms with Crippen molar-refractivity contribution < 1.29 is 18.3 Å². The predicted molar refractivity (Wildman–Crippen MR) is 96.9 cm³/mol. The van der Waals surface area contributed by atoms with E-state index in [1.54, 1.807) is 13.8 Å². The van der Waals surface area contributed by atoms with Crippen LogP contribution in [0.2, 0.25) is 0 Å². The summed E-state index contributed by atoms with van der Waals surface area (Å²) in [4.78, 5) is 12.1. The highest BCUT2D eigenvalue weighted by Crippen LogP contribution is 2.26. The maximum atomic E-state index is 13.3. The zero-order valence-electron chi connectivity index (χ0n) is 14.7. The van der Waals surface area contributed by atoms with Crippen molar-refractivity contribution in [2.75, 3.05) is 11.9 Å². The van der Waals surface area contributed by atoms with Gasteiger partial charge in [0.1, 0.15) is 5.82 Å². The fourth-order valence-corrected chi connectivity index (χ4v) is 1.96. The highest BCUT2D eigenvalue weighted by atomic mass is 19.3. The molecular weight excluding hydrogens is 361 g/mol. The Labute approximate surface area is 153 Å². The van der Waals surface area contributed by atoms with Crippen LogP contribution in [0.3, 0.4) is 0 Å². The molecule has 10 heteroatoms. The lowest BCUT2D eigenvalue weighted by Gasteiger charge is -2.16. The van der Waals surface area contributed by atoms with Crippen molar-refractivity contribution in [1.82, 2.24) is 9.97 Å². The quantitative estimate of drug-likeness (QED) is 0.389. The molecule has 1 heterocycles. The first kappa shape index (κ1) is 20.3. The highest BCUT2D eigenvalue weighted by molar-refractivity contribution is 6.32. The van der Waals surface area contributed by atoms with E-state index in [-0.39, 0.29) is 23.9 Å². The van der Waals surface area contributed by atoms with Crippen molar-refractivity contribution in [1.29, 1.82) is 0 Å². The van der Waals surface area contributed by atoms with Crippen molar-refractivity contribution in [2.24, 2.45) is 15.9 Å². The van der Waals surface area contributed by atoms with E-state index < -0.39 is 23.4 Å². The number of halogens is 3. The number of rotatable bonds is 7. The number of hydrogen-bond donors (Lipinski definition) is 3. The summed E-state index contributed by atoms with van der Waals surface area (Å²) in [5.74, 6) is 4.57. The van der Waals surface area contributed by atoms with Gasteiger partial charge in [0.05, 0.1) is 35.3 Å². The van der Waals surface area contributed by atoms with E-state index >= 15 is 0 Å². The maximum Gasteiger partial charge on any atom is 0.266 e. The third kappa shape index (κ3) is 5.74.